The van der Waals surface area contributed by atoms with Gasteiger partial charge in [0.25, 0.3) is 0 Å². The summed E-state index contributed by atoms with van der Waals surface area (Å²) in [6, 6.07) is 0. The average molecular weight is 1540 g/mol. The van der Waals surface area contributed by atoms with E-state index in [9.17, 15) is 43.2 Å². The molecule has 0 spiro atoms. The average Bonchev–Trinajstić information content (AvgIpc) is 0.934. The second-order valence-corrected chi connectivity index (χ2v) is 34.8. The first-order valence-corrected chi connectivity index (χ1v) is 47.5. The number of phosphoric ester groups is 2. The molecule has 0 aromatic carbocycles. The maximum atomic E-state index is 13.1. The van der Waals surface area contributed by atoms with Gasteiger partial charge in [-0.3, -0.25) is 37.3 Å². The van der Waals surface area contributed by atoms with Gasteiger partial charge in [-0.15, -0.1) is 0 Å². The third-order valence-electron chi connectivity index (χ3n) is 20.2. The number of carbonyl (C=O) groups excluding carboxylic acids is 4. The van der Waals surface area contributed by atoms with Crippen molar-refractivity contribution in [1.29, 1.82) is 0 Å². The first-order valence-electron chi connectivity index (χ1n) is 44.5. The van der Waals surface area contributed by atoms with Gasteiger partial charge in [0.1, 0.15) is 19.3 Å². The van der Waals surface area contributed by atoms with Crippen LogP contribution in [0.5, 0.6) is 0 Å². The molecule has 0 aromatic heterocycles. The van der Waals surface area contributed by atoms with Crippen LogP contribution in [0, 0.1) is 11.8 Å². The molecule has 17 nitrogen and oxygen atoms in total. The maximum absolute atomic E-state index is 13.1. The third kappa shape index (κ3) is 79.9. The van der Waals surface area contributed by atoms with Gasteiger partial charge in [-0.2, -0.15) is 0 Å². The van der Waals surface area contributed by atoms with Crippen molar-refractivity contribution in [3.8, 4) is 0 Å². The number of phosphoric acid groups is 2. The molecule has 19 heteroatoms. The Labute approximate surface area is 645 Å². The number of hydrogen-bond donors (Lipinski definition) is 3. The second-order valence-electron chi connectivity index (χ2n) is 31.9. The van der Waals surface area contributed by atoms with E-state index in [4.69, 9.17) is 37.0 Å². The Morgan fingerprint density at radius 1 is 0.257 bits per heavy atom. The Morgan fingerprint density at radius 3 is 0.648 bits per heavy atom. The number of carbonyl (C=O) groups is 4. The van der Waals surface area contributed by atoms with Crippen molar-refractivity contribution in [3.05, 3.63) is 0 Å². The molecule has 0 amide bonds. The lowest BCUT2D eigenvalue weighted by molar-refractivity contribution is -0.161. The summed E-state index contributed by atoms with van der Waals surface area (Å²) in [6.45, 7) is 9.71. The van der Waals surface area contributed by atoms with Crippen molar-refractivity contribution in [2.75, 3.05) is 39.6 Å². The van der Waals surface area contributed by atoms with E-state index < -0.39 is 97.5 Å². The van der Waals surface area contributed by atoms with Crippen molar-refractivity contribution in [1.82, 2.24) is 0 Å². The molecule has 0 bridgehead atoms. The zero-order valence-electron chi connectivity index (χ0n) is 69.0. The van der Waals surface area contributed by atoms with Crippen LogP contribution in [0.4, 0.5) is 0 Å². The van der Waals surface area contributed by atoms with Crippen LogP contribution in [0.15, 0.2) is 0 Å². The smallest absolute Gasteiger partial charge is 0.462 e. The summed E-state index contributed by atoms with van der Waals surface area (Å²) < 4.78 is 68.9. The van der Waals surface area contributed by atoms with Crippen LogP contribution in [0.2, 0.25) is 0 Å². The monoisotopic (exact) mass is 1540 g/mol. The predicted octanol–water partition coefficient (Wildman–Crippen LogP) is 26.2. The molecule has 0 rings (SSSR count). The Kier molecular flexibility index (Phi) is 76.0. The fraction of sp³-hybridized carbons (Fsp3) is 0.953. The quantitative estimate of drug-likeness (QED) is 0.0222. The van der Waals surface area contributed by atoms with Gasteiger partial charge in [-0.25, -0.2) is 9.13 Å². The Balaban J connectivity index is 5.25. The largest absolute Gasteiger partial charge is 0.472 e. The molecular formula is C86H168O17P2. The van der Waals surface area contributed by atoms with E-state index in [2.05, 4.69) is 41.5 Å². The summed E-state index contributed by atoms with van der Waals surface area (Å²) in [5.41, 5.74) is 0. The minimum absolute atomic E-state index is 0.108. The molecule has 0 saturated heterocycles. The number of aliphatic hydroxyl groups excluding tert-OH is 1. The van der Waals surface area contributed by atoms with Gasteiger partial charge in [-0.1, -0.05) is 408 Å². The number of rotatable bonds is 85. The zero-order valence-corrected chi connectivity index (χ0v) is 70.8. The molecule has 0 fully saturated rings. The Bertz CT molecular complexity index is 2010. The van der Waals surface area contributed by atoms with Gasteiger partial charge >= 0.3 is 39.5 Å². The number of aliphatic hydroxyl groups is 1. The van der Waals surface area contributed by atoms with Gasteiger partial charge in [-0.05, 0) is 37.5 Å². The fourth-order valence-corrected chi connectivity index (χ4v) is 15.0. The number of hydrogen-bond acceptors (Lipinski definition) is 15. The summed E-state index contributed by atoms with van der Waals surface area (Å²) in [6.07, 6.45) is 69.3. The normalized spacial score (nSPS) is 13.8. The SMILES string of the molecule is CCCCCCCCCCCCCCCCCCCCCC(=O)OC[C@H](COP(=O)(O)OC[C@@H](O)COP(=O)(O)OC[C@@H](COC(=O)CCCCCCCCCCCCCC)OC(=O)CCCCCCCCCCCCCCC(C)C)OC(=O)CCCCCCCCCCCCCCCCCCC(C)C. The van der Waals surface area contributed by atoms with Gasteiger partial charge in [0.15, 0.2) is 12.2 Å². The van der Waals surface area contributed by atoms with Crippen LogP contribution in [0.3, 0.4) is 0 Å². The highest BCUT2D eigenvalue weighted by Crippen LogP contribution is 2.45. The molecule has 2 unspecified atom stereocenters. The van der Waals surface area contributed by atoms with Crippen LogP contribution in [0.25, 0.3) is 0 Å². The van der Waals surface area contributed by atoms with E-state index in [1.54, 1.807) is 0 Å². The summed E-state index contributed by atoms with van der Waals surface area (Å²) in [7, 11) is -9.93. The number of ether oxygens (including phenoxy) is 4. The van der Waals surface area contributed by atoms with Crippen molar-refractivity contribution in [3.63, 3.8) is 0 Å². The highest BCUT2D eigenvalue weighted by Gasteiger charge is 2.30. The Hall–Kier alpha value is -1.94. The predicted molar refractivity (Wildman–Crippen MR) is 432 cm³/mol. The zero-order chi connectivity index (χ0) is 77.1. The van der Waals surface area contributed by atoms with Crippen LogP contribution in [-0.2, 0) is 65.4 Å². The molecule has 3 N–H and O–H groups in total. The molecular weight excluding hydrogens is 1370 g/mol. The molecule has 0 radical (unpaired) electrons. The molecule has 0 aliphatic carbocycles. The van der Waals surface area contributed by atoms with E-state index in [0.29, 0.717) is 25.7 Å². The van der Waals surface area contributed by atoms with Gasteiger partial charge in [0.2, 0.25) is 0 Å². The van der Waals surface area contributed by atoms with Gasteiger partial charge in [0.05, 0.1) is 26.4 Å². The highest BCUT2D eigenvalue weighted by atomic mass is 31.2. The summed E-state index contributed by atoms with van der Waals surface area (Å²) in [4.78, 5) is 73.3. The van der Waals surface area contributed by atoms with Crippen LogP contribution in [-0.4, -0.2) is 96.7 Å². The van der Waals surface area contributed by atoms with Gasteiger partial charge < -0.3 is 33.8 Å². The van der Waals surface area contributed by atoms with E-state index in [0.717, 1.165) is 102 Å². The van der Waals surface area contributed by atoms with E-state index in [1.807, 2.05) is 0 Å². The van der Waals surface area contributed by atoms with Crippen LogP contribution in [0.1, 0.15) is 459 Å². The lowest BCUT2D eigenvalue weighted by atomic mass is 10.0. The molecule has 0 heterocycles. The topological polar surface area (TPSA) is 237 Å². The van der Waals surface area contributed by atoms with E-state index in [-0.39, 0.29) is 25.7 Å². The lowest BCUT2D eigenvalue weighted by Crippen LogP contribution is -2.30. The van der Waals surface area contributed by atoms with Crippen LogP contribution < -0.4 is 0 Å². The van der Waals surface area contributed by atoms with Gasteiger partial charge in [0, 0.05) is 25.7 Å². The van der Waals surface area contributed by atoms with Crippen molar-refractivity contribution < 1.29 is 80.2 Å². The standard InChI is InChI=1S/C86H168O17P2/c1-7-9-11-13-15-17-19-21-22-23-24-25-29-32-39-45-51-57-63-69-84(89)97-75-82(102-85(90)70-64-58-52-46-40-33-30-27-26-28-31-36-42-48-54-60-66-78(3)4)77-101-105(94,95)99-73-80(87)72-98-104(92,93)100-76-81(74-96-83(88)68-62-56-50-44-38-20-18-16-14-12-10-8-2)103-86(91)71-65-59-53-47-41-35-34-37-43-49-55-61-67-79(5)6/h78-82,87H,7-77H2,1-6H3,(H,92,93)(H,94,95)/t80-,81+,82+/m0/s1. The Morgan fingerprint density at radius 2 is 0.438 bits per heavy atom. The van der Waals surface area contributed by atoms with Crippen molar-refractivity contribution >= 4 is 39.5 Å². The second kappa shape index (κ2) is 77.4. The highest BCUT2D eigenvalue weighted by molar-refractivity contribution is 7.47. The molecule has 5 atom stereocenters. The number of unbranched alkanes of at least 4 members (excludes halogenated alkanes) is 55. The maximum Gasteiger partial charge on any atom is 0.472 e. The molecule has 105 heavy (non-hydrogen) atoms. The lowest BCUT2D eigenvalue weighted by Gasteiger charge is -2.21. The first kappa shape index (κ1) is 103. The third-order valence-corrected chi connectivity index (χ3v) is 22.1. The minimum Gasteiger partial charge on any atom is -0.462 e. The summed E-state index contributed by atoms with van der Waals surface area (Å²) in [5, 5.41) is 10.7. The van der Waals surface area contributed by atoms with Crippen LogP contribution >= 0.6 is 15.6 Å². The van der Waals surface area contributed by atoms with E-state index >= 15 is 0 Å². The minimum atomic E-state index is -4.97. The number of esters is 4. The molecule has 0 aliphatic rings. The summed E-state index contributed by atoms with van der Waals surface area (Å²) >= 11 is 0. The molecule has 0 aliphatic heterocycles. The molecule has 0 aromatic rings. The molecule has 0 saturated carbocycles. The molecule has 624 valence electrons. The van der Waals surface area contributed by atoms with Crippen molar-refractivity contribution in [2.24, 2.45) is 11.8 Å². The summed E-state index contributed by atoms with van der Waals surface area (Å²) in [5.74, 6) is -0.514. The first-order chi connectivity index (χ1) is 50.9. The fourth-order valence-electron chi connectivity index (χ4n) is 13.4. The van der Waals surface area contributed by atoms with Crippen molar-refractivity contribution in [2.45, 2.75) is 477 Å². The van der Waals surface area contributed by atoms with E-state index in [1.165, 1.54) is 276 Å².